The lowest BCUT2D eigenvalue weighted by molar-refractivity contribution is -0.126. The minimum atomic E-state index is -1.12. The summed E-state index contributed by atoms with van der Waals surface area (Å²) in [4.78, 5) is 25.2. The van der Waals surface area contributed by atoms with Gasteiger partial charge in [-0.05, 0) is 82.4 Å². The van der Waals surface area contributed by atoms with Crippen LogP contribution in [-0.4, -0.2) is 57.2 Å². The fourth-order valence-corrected chi connectivity index (χ4v) is 6.78. The van der Waals surface area contributed by atoms with E-state index in [-0.39, 0.29) is 12.0 Å². The number of primary amides is 1. The molecule has 2 aromatic heterocycles. The molecule has 0 spiro atoms. The number of nitrogens with two attached hydrogens (primary N) is 1. The van der Waals surface area contributed by atoms with Gasteiger partial charge in [0.25, 0.3) is 0 Å². The number of aryl methyl sites for hydroxylation is 1. The standard InChI is InChI=1S/C22H30N4O3S/c23-20(28)16(27)11-13-3-8-17-18(13)19-21(24-12-25-22(19)30-17)29-15-6-4-14(5-7-15)26-9-1-2-10-26/h12-16,27H,1-11H2,(H2,23,28)/t13-,14?,15?,16+/m1/s1. The van der Waals surface area contributed by atoms with Crippen molar-refractivity contribution in [2.24, 2.45) is 5.73 Å². The zero-order valence-electron chi connectivity index (χ0n) is 17.3. The van der Waals surface area contributed by atoms with Gasteiger partial charge in [-0.3, -0.25) is 4.79 Å². The Balaban J connectivity index is 1.34. The highest BCUT2D eigenvalue weighted by Gasteiger charge is 2.34. The molecule has 2 aromatic rings. The molecule has 0 aromatic carbocycles. The Morgan fingerprint density at radius 3 is 2.73 bits per heavy atom. The summed E-state index contributed by atoms with van der Waals surface area (Å²) in [5, 5.41) is 11.0. The zero-order valence-corrected chi connectivity index (χ0v) is 18.1. The van der Waals surface area contributed by atoms with Crippen LogP contribution in [0.15, 0.2) is 6.33 Å². The third kappa shape index (κ3) is 3.81. The van der Waals surface area contributed by atoms with Crippen LogP contribution in [0.4, 0.5) is 0 Å². The summed E-state index contributed by atoms with van der Waals surface area (Å²) in [5.41, 5.74) is 6.46. The van der Waals surface area contributed by atoms with Crippen LogP contribution in [0.1, 0.15) is 67.7 Å². The lowest BCUT2D eigenvalue weighted by Crippen LogP contribution is -2.38. The molecule has 7 nitrogen and oxygen atoms in total. The first-order valence-corrected chi connectivity index (χ1v) is 12.1. The van der Waals surface area contributed by atoms with Crippen LogP contribution < -0.4 is 10.5 Å². The number of thiophene rings is 1. The molecule has 8 heteroatoms. The van der Waals surface area contributed by atoms with Gasteiger partial charge in [-0.15, -0.1) is 11.3 Å². The molecule has 5 rings (SSSR count). The van der Waals surface area contributed by atoms with Gasteiger partial charge in [0.05, 0.1) is 5.39 Å². The third-order valence-electron chi connectivity index (χ3n) is 7.11. The summed E-state index contributed by atoms with van der Waals surface area (Å²) in [6.45, 7) is 2.50. The number of ether oxygens (including phenoxy) is 1. The second-order valence-electron chi connectivity index (χ2n) is 8.98. The second-order valence-corrected chi connectivity index (χ2v) is 10.1. The molecule has 3 aliphatic rings. The molecule has 0 bridgehead atoms. The van der Waals surface area contributed by atoms with E-state index in [1.54, 1.807) is 17.7 Å². The molecule has 2 atom stereocenters. The Labute approximate surface area is 180 Å². The number of likely N-dealkylation sites (tertiary alicyclic amines) is 1. The average molecular weight is 431 g/mol. The number of amides is 1. The molecule has 30 heavy (non-hydrogen) atoms. The van der Waals surface area contributed by atoms with Crippen LogP contribution in [0.2, 0.25) is 0 Å². The van der Waals surface area contributed by atoms with Crippen molar-refractivity contribution in [2.75, 3.05) is 13.1 Å². The normalized spacial score (nSPS) is 28.0. The molecule has 2 aliphatic carbocycles. The first kappa shape index (κ1) is 20.2. The number of nitrogens with zero attached hydrogens (tertiary/aromatic N) is 3. The number of carbonyl (C=O) groups excluding carboxylic acids is 1. The van der Waals surface area contributed by atoms with E-state index >= 15 is 0 Å². The van der Waals surface area contributed by atoms with Gasteiger partial charge in [0.2, 0.25) is 11.8 Å². The van der Waals surface area contributed by atoms with Crippen LogP contribution in [-0.2, 0) is 11.2 Å². The fourth-order valence-electron chi connectivity index (χ4n) is 5.54. The molecular formula is C22H30N4O3S. The van der Waals surface area contributed by atoms with Crippen molar-refractivity contribution in [2.45, 2.75) is 82.0 Å². The van der Waals surface area contributed by atoms with E-state index in [0.29, 0.717) is 18.3 Å². The summed E-state index contributed by atoms with van der Waals surface area (Å²) < 4.78 is 6.45. The first-order chi connectivity index (χ1) is 14.6. The van der Waals surface area contributed by atoms with Crippen LogP contribution in [0.25, 0.3) is 10.2 Å². The number of fused-ring (bicyclic) bond motifs is 3. The number of hydrogen-bond acceptors (Lipinski definition) is 7. The minimum Gasteiger partial charge on any atom is -0.474 e. The molecule has 3 N–H and O–H groups in total. The molecule has 1 aliphatic heterocycles. The van der Waals surface area contributed by atoms with Crippen LogP contribution in [0.5, 0.6) is 5.88 Å². The number of aliphatic hydroxyl groups excluding tert-OH is 1. The van der Waals surface area contributed by atoms with Gasteiger partial charge in [0.1, 0.15) is 23.4 Å². The second kappa shape index (κ2) is 8.40. The van der Waals surface area contributed by atoms with E-state index < -0.39 is 12.0 Å². The maximum absolute atomic E-state index is 11.4. The van der Waals surface area contributed by atoms with E-state index in [2.05, 4.69) is 14.9 Å². The van der Waals surface area contributed by atoms with Crippen molar-refractivity contribution in [1.29, 1.82) is 0 Å². The van der Waals surface area contributed by atoms with E-state index in [1.807, 2.05) is 0 Å². The summed E-state index contributed by atoms with van der Waals surface area (Å²) in [7, 11) is 0. The molecule has 162 valence electrons. The monoisotopic (exact) mass is 430 g/mol. The highest BCUT2D eigenvalue weighted by Crippen LogP contribution is 2.47. The Hall–Kier alpha value is -1.77. The van der Waals surface area contributed by atoms with Gasteiger partial charge in [0, 0.05) is 10.9 Å². The smallest absolute Gasteiger partial charge is 0.246 e. The van der Waals surface area contributed by atoms with E-state index in [9.17, 15) is 9.90 Å². The number of carbonyl (C=O) groups is 1. The van der Waals surface area contributed by atoms with Crippen molar-refractivity contribution in [3.8, 4) is 5.88 Å². The molecule has 1 amide bonds. The van der Waals surface area contributed by atoms with Crippen LogP contribution in [0, 0.1) is 0 Å². The molecule has 1 saturated carbocycles. The Kier molecular flexibility index (Phi) is 5.64. The maximum atomic E-state index is 11.4. The third-order valence-corrected chi connectivity index (χ3v) is 8.28. The topological polar surface area (TPSA) is 102 Å². The molecule has 0 radical (unpaired) electrons. The van der Waals surface area contributed by atoms with Crippen molar-refractivity contribution >= 4 is 27.5 Å². The quantitative estimate of drug-likeness (QED) is 0.731. The molecule has 0 unspecified atom stereocenters. The summed E-state index contributed by atoms with van der Waals surface area (Å²) in [6, 6.07) is 0.711. The van der Waals surface area contributed by atoms with Crippen LogP contribution in [0.3, 0.4) is 0 Å². The van der Waals surface area contributed by atoms with Gasteiger partial charge < -0.3 is 20.5 Å². The Bertz CT molecular complexity index is 918. The lowest BCUT2D eigenvalue weighted by atomic mass is 9.92. The summed E-state index contributed by atoms with van der Waals surface area (Å²) in [6.07, 6.45) is 10.0. The van der Waals surface area contributed by atoms with Gasteiger partial charge in [-0.1, -0.05) is 0 Å². The average Bonchev–Trinajstić information content (AvgIpc) is 3.46. The minimum absolute atomic E-state index is 0.0931. The first-order valence-electron chi connectivity index (χ1n) is 11.2. The zero-order chi connectivity index (χ0) is 20.7. The van der Waals surface area contributed by atoms with E-state index in [4.69, 9.17) is 10.5 Å². The fraction of sp³-hybridized carbons (Fsp3) is 0.682. The summed E-state index contributed by atoms with van der Waals surface area (Å²) >= 11 is 1.68. The predicted octanol–water partition coefficient (Wildman–Crippen LogP) is 2.74. The van der Waals surface area contributed by atoms with Gasteiger partial charge in [-0.25, -0.2) is 9.97 Å². The number of rotatable bonds is 6. The Morgan fingerprint density at radius 1 is 1.23 bits per heavy atom. The van der Waals surface area contributed by atoms with Crippen molar-refractivity contribution in [3.63, 3.8) is 0 Å². The van der Waals surface area contributed by atoms with E-state index in [0.717, 1.165) is 41.5 Å². The number of aliphatic hydroxyl groups is 1. The maximum Gasteiger partial charge on any atom is 0.246 e. The number of hydrogen-bond donors (Lipinski definition) is 2. The number of aromatic nitrogens is 2. The van der Waals surface area contributed by atoms with Crippen molar-refractivity contribution in [1.82, 2.24) is 14.9 Å². The molecule has 2 fully saturated rings. The van der Waals surface area contributed by atoms with Gasteiger partial charge in [-0.2, -0.15) is 0 Å². The largest absolute Gasteiger partial charge is 0.474 e. The van der Waals surface area contributed by atoms with Crippen molar-refractivity contribution in [3.05, 3.63) is 16.8 Å². The van der Waals surface area contributed by atoms with Crippen molar-refractivity contribution < 1.29 is 14.6 Å². The molecule has 3 heterocycles. The molecular weight excluding hydrogens is 400 g/mol. The van der Waals surface area contributed by atoms with E-state index in [1.165, 1.54) is 43.6 Å². The highest BCUT2D eigenvalue weighted by atomic mass is 32.1. The van der Waals surface area contributed by atoms with Crippen LogP contribution >= 0.6 is 11.3 Å². The lowest BCUT2D eigenvalue weighted by Gasteiger charge is -2.34. The predicted molar refractivity (Wildman–Crippen MR) is 116 cm³/mol. The summed E-state index contributed by atoms with van der Waals surface area (Å²) in [5.74, 6) is 0.101. The Morgan fingerprint density at radius 2 is 2.00 bits per heavy atom. The highest BCUT2D eigenvalue weighted by molar-refractivity contribution is 7.19. The van der Waals surface area contributed by atoms with Gasteiger partial charge >= 0.3 is 0 Å². The SMILES string of the molecule is NC(=O)[C@@H](O)C[C@H]1CCc2sc3ncnc(OC4CCC(N5CCCC5)CC4)c3c21. The van der Waals surface area contributed by atoms with Gasteiger partial charge in [0.15, 0.2) is 0 Å². The molecule has 1 saturated heterocycles.